The summed E-state index contributed by atoms with van der Waals surface area (Å²) in [7, 11) is 0. The molecule has 2 rings (SSSR count). The minimum atomic E-state index is -0.273. The molecule has 3 heteroatoms. The Balaban J connectivity index is 2.19. The van der Waals surface area contributed by atoms with Crippen LogP contribution in [-0.2, 0) is 6.42 Å². The van der Waals surface area contributed by atoms with Crippen LogP contribution in [0, 0.1) is 12.7 Å². The van der Waals surface area contributed by atoms with Gasteiger partial charge in [-0.25, -0.2) is 4.39 Å². The van der Waals surface area contributed by atoms with Crippen LogP contribution in [0.4, 0.5) is 10.1 Å². The summed E-state index contributed by atoms with van der Waals surface area (Å²) in [5.41, 5.74) is 3.78. The van der Waals surface area contributed by atoms with E-state index in [0.717, 1.165) is 17.5 Å². The van der Waals surface area contributed by atoms with Crippen molar-refractivity contribution in [2.24, 2.45) is 0 Å². The molecule has 2 aromatic carbocycles. The normalized spacial score (nSPS) is 12.2. The van der Waals surface area contributed by atoms with E-state index in [1.807, 2.05) is 25.1 Å². The number of anilines is 1. The Bertz CT molecular complexity index is 545. The molecule has 0 fully saturated rings. The third-order valence-corrected chi connectivity index (χ3v) is 3.36. The lowest BCUT2D eigenvalue weighted by atomic mass is 10.0. The first kappa shape index (κ1) is 14.5. The van der Waals surface area contributed by atoms with Crippen molar-refractivity contribution in [3.05, 3.63) is 65.0 Å². The minimum absolute atomic E-state index is 0.0406. The van der Waals surface area contributed by atoms with E-state index in [0.29, 0.717) is 5.69 Å². The number of aliphatic hydroxyl groups is 1. The molecule has 0 saturated heterocycles. The molecule has 20 heavy (non-hydrogen) atoms. The van der Waals surface area contributed by atoms with Gasteiger partial charge in [0.2, 0.25) is 0 Å². The first-order chi connectivity index (χ1) is 9.62. The number of hydrogen-bond acceptors (Lipinski definition) is 2. The van der Waals surface area contributed by atoms with Crippen molar-refractivity contribution < 1.29 is 9.50 Å². The quantitative estimate of drug-likeness (QED) is 0.867. The maximum atomic E-state index is 13.4. The molecule has 106 valence electrons. The maximum Gasteiger partial charge on any atom is 0.125 e. The zero-order valence-corrected chi connectivity index (χ0v) is 11.9. The summed E-state index contributed by atoms with van der Waals surface area (Å²) in [6.07, 6.45) is 0.987. The number of nitrogens with one attached hydrogen (secondary N) is 1. The van der Waals surface area contributed by atoms with Gasteiger partial charge in [-0.15, -0.1) is 0 Å². The zero-order chi connectivity index (χ0) is 14.5. The summed E-state index contributed by atoms with van der Waals surface area (Å²) in [6.45, 7) is 3.91. The molecule has 2 N–H and O–H groups in total. The van der Waals surface area contributed by atoms with E-state index in [1.165, 1.54) is 17.7 Å². The van der Waals surface area contributed by atoms with Crippen LogP contribution in [0.15, 0.2) is 42.5 Å². The van der Waals surface area contributed by atoms with Gasteiger partial charge in [0, 0.05) is 5.69 Å². The van der Waals surface area contributed by atoms with Crippen molar-refractivity contribution >= 4 is 5.69 Å². The average molecular weight is 273 g/mol. The highest BCUT2D eigenvalue weighted by atomic mass is 19.1. The van der Waals surface area contributed by atoms with E-state index in [1.54, 1.807) is 0 Å². The molecule has 0 bridgehead atoms. The highest BCUT2D eigenvalue weighted by molar-refractivity contribution is 5.48. The van der Waals surface area contributed by atoms with Gasteiger partial charge in [0.25, 0.3) is 0 Å². The molecule has 0 aliphatic rings. The molecule has 1 atom stereocenters. The predicted molar refractivity (Wildman–Crippen MR) is 80.4 cm³/mol. The summed E-state index contributed by atoms with van der Waals surface area (Å²) in [6, 6.07) is 12.7. The van der Waals surface area contributed by atoms with Crippen molar-refractivity contribution in [2.75, 3.05) is 11.9 Å². The summed E-state index contributed by atoms with van der Waals surface area (Å²) in [5, 5.41) is 12.7. The molecule has 2 aromatic rings. The highest BCUT2D eigenvalue weighted by Gasteiger charge is 2.10. The van der Waals surface area contributed by atoms with Gasteiger partial charge in [-0.2, -0.15) is 0 Å². The summed E-state index contributed by atoms with van der Waals surface area (Å²) in [4.78, 5) is 0. The van der Waals surface area contributed by atoms with Crippen molar-refractivity contribution in [1.82, 2.24) is 0 Å². The number of aliphatic hydroxyl groups excluding tert-OH is 1. The van der Waals surface area contributed by atoms with Crippen LogP contribution in [0.25, 0.3) is 0 Å². The van der Waals surface area contributed by atoms with E-state index in [-0.39, 0.29) is 18.5 Å². The van der Waals surface area contributed by atoms with Gasteiger partial charge >= 0.3 is 0 Å². The Morgan fingerprint density at radius 1 is 1.15 bits per heavy atom. The SMILES string of the molecule is CCc1ccc(C(CO)Nc2cc(C)cc(F)c2)cc1. The summed E-state index contributed by atoms with van der Waals surface area (Å²) >= 11 is 0. The number of hydrogen-bond donors (Lipinski definition) is 2. The van der Waals surface area contributed by atoms with E-state index in [4.69, 9.17) is 0 Å². The second kappa shape index (κ2) is 6.53. The smallest absolute Gasteiger partial charge is 0.125 e. The fourth-order valence-electron chi connectivity index (χ4n) is 2.24. The van der Waals surface area contributed by atoms with E-state index < -0.39 is 0 Å². The molecule has 0 aliphatic heterocycles. The third-order valence-electron chi connectivity index (χ3n) is 3.36. The van der Waals surface area contributed by atoms with Crippen LogP contribution >= 0.6 is 0 Å². The number of benzene rings is 2. The predicted octanol–water partition coefficient (Wildman–Crippen LogP) is 3.84. The Morgan fingerprint density at radius 3 is 2.40 bits per heavy atom. The second-order valence-electron chi connectivity index (χ2n) is 4.99. The molecule has 0 amide bonds. The fraction of sp³-hybridized carbons (Fsp3) is 0.294. The van der Waals surface area contributed by atoms with Crippen LogP contribution in [0.3, 0.4) is 0 Å². The third kappa shape index (κ3) is 3.58. The lowest BCUT2D eigenvalue weighted by Gasteiger charge is -2.19. The number of rotatable bonds is 5. The Kier molecular flexibility index (Phi) is 4.74. The van der Waals surface area contributed by atoms with Gasteiger partial charge in [0.1, 0.15) is 5.82 Å². The average Bonchev–Trinajstić information content (AvgIpc) is 2.44. The van der Waals surface area contributed by atoms with Gasteiger partial charge in [0.15, 0.2) is 0 Å². The molecule has 0 heterocycles. The monoisotopic (exact) mass is 273 g/mol. The molecule has 2 nitrogen and oxygen atoms in total. The van der Waals surface area contributed by atoms with Gasteiger partial charge < -0.3 is 10.4 Å². The van der Waals surface area contributed by atoms with Gasteiger partial charge in [0.05, 0.1) is 12.6 Å². The molecule has 1 unspecified atom stereocenters. The zero-order valence-electron chi connectivity index (χ0n) is 11.9. The van der Waals surface area contributed by atoms with Crippen LogP contribution in [0.1, 0.15) is 29.7 Å². The van der Waals surface area contributed by atoms with Crippen molar-refractivity contribution in [3.63, 3.8) is 0 Å². The van der Waals surface area contributed by atoms with Gasteiger partial charge in [-0.3, -0.25) is 0 Å². The van der Waals surface area contributed by atoms with E-state index in [2.05, 4.69) is 24.4 Å². The maximum absolute atomic E-state index is 13.4. The molecule has 0 aliphatic carbocycles. The largest absolute Gasteiger partial charge is 0.394 e. The topological polar surface area (TPSA) is 32.3 Å². The van der Waals surface area contributed by atoms with Gasteiger partial charge in [-0.1, -0.05) is 31.2 Å². The van der Waals surface area contributed by atoms with E-state index >= 15 is 0 Å². The second-order valence-corrected chi connectivity index (χ2v) is 4.99. The Hall–Kier alpha value is -1.87. The Labute approximate surface area is 119 Å². The Morgan fingerprint density at radius 2 is 1.85 bits per heavy atom. The van der Waals surface area contributed by atoms with Gasteiger partial charge in [-0.05, 0) is 48.2 Å². The molecule has 0 spiro atoms. The van der Waals surface area contributed by atoms with E-state index in [9.17, 15) is 9.50 Å². The lowest BCUT2D eigenvalue weighted by Crippen LogP contribution is -2.15. The lowest BCUT2D eigenvalue weighted by molar-refractivity contribution is 0.276. The molecule has 0 aromatic heterocycles. The molecule has 0 radical (unpaired) electrons. The minimum Gasteiger partial charge on any atom is -0.394 e. The standard InChI is InChI=1S/C17H20FNO/c1-3-13-4-6-14(7-5-13)17(11-20)19-16-9-12(2)8-15(18)10-16/h4-10,17,19-20H,3,11H2,1-2H3. The molecule has 0 saturated carbocycles. The van der Waals surface area contributed by atoms with Crippen LogP contribution in [0.2, 0.25) is 0 Å². The first-order valence-corrected chi connectivity index (χ1v) is 6.85. The summed E-state index contributed by atoms with van der Waals surface area (Å²) < 4.78 is 13.4. The van der Waals surface area contributed by atoms with Crippen LogP contribution in [-0.4, -0.2) is 11.7 Å². The van der Waals surface area contributed by atoms with Crippen molar-refractivity contribution in [3.8, 4) is 0 Å². The number of halogens is 1. The summed E-state index contributed by atoms with van der Waals surface area (Å²) in [5.74, 6) is -0.273. The van der Waals surface area contributed by atoms with Crippen LogP contribution in [0.5, 0.6) is 0 Å². The van der Waals surface area contributed by atoms with Crippen LogP contribution < -0.4 is 5.32 Å². The molecular weight excluding hydrogens is 253 g/mol. The first-order valence-electron chi connectivity index (χ1n) is 6.85. The fourth-order valence-corrected chi connectivity index (χ4v) is 2.24. The van der Waals surface area contributed by atoms with Crippen molar-refractivity contribution in [2.45, 2.75) is 26.3 Å². The number of aryl methyl sites for hydroxylation is 2. The molecular formula is C17H20FNO. The highest BCUT2D eigenvalue weighted by Crippen LogP contribution is 2.21. The van der Waals surface area contributed by atoms with Crippen molar-refractivity contribution in [1.29, 1.82) is 0 Å².